The lowest BCUT2D eigenvalue weighted by Crippen LogP contribution is -2.20. The maximum Gasteiger partial charge on any atom is 0.241 e. The minimum Gasteiger partial charge on any atom is -0.494 e. The van der Waals surface area contributed by atoms with Crippen molar-refractivity contribution in [2.24, 2.45) is 5.10 Å². The monoisotopic (exact) mass is 417 g/mol. The molecule has 1 aromatic heterocycles. The number of carbonyl (C=O) groups is 1. The number of ether oxygens (including phenoxy) is 1. The molecule has 1 amide bonds. The van der Waals surface area contributed by atoms with Gasteiger partial charge in [-0.1, -0.05) is 31.5 Å². The average molecular weight is 418 g/mol. The number of aromatic nitrogens is 1. The lowest BCUT2D eigenvalue weighted by molar-refractivity contribution is -0.121. The standard InChI is InChI=1S/C26H31N3O2/c1-2-3-18-31-21-14-12-20(13-15-21)19-27-28-26(30)16-17-29-24-10-6-4-8-22(24)23-9-5-7-11-25(23)29/h4,6,8,10,12-15,19H,2-3,5,7,9,11,16-18H2,1H3,(H,28,30)/b27-19-. The lowest BCUT2D eigenvalue weighted by Gasteiger charge is -2.15. The summed E-state index contributed by atoms with van der Waals surface area (Å²) in [5.41, 5.74) is 7.71. The van der Waals surface area contributed by atoms with E-state index in [-0.39, 0.29) is 5.91 Å². The second kappa shape index (κ2) is 10.3. The number of nitrogens with one attached hydrogen (secondary N) is 1. The van der Waals surface area contributed by atoms with Crippen LogP contribution in [0.1, 0.15) is 55.8 Å². The first-order valence-corrected chi connectivity index (χ1v) is 11.4. The van der Waals surface area contributed by atoms with Crippen LogP contribution in [0, 0.1) is 0 Å². The van der Waals surface area contributed by atoms with E-state index in [1.54, 1.807) is 6.21 Å². The quantitative estimate of drug-likeness (QED) is 0.294. The number of aryl methyl sites for hydroxylation is 2. The van der Waals surface area contributed by atoms with Crippen LogP contribution in [0.5, 0.6) is 5.75 Å². The molecular formula is C26H31N3O2. The van der Waals surface area contributed by atoms with E-state index < -0.39 is 0 Å². The van der Waals surface area contributed by atoms with Gasteiger partial charge in [0.1, 0.15) is 5.75 Å². The number of nitrogens with zero attached hydrogens (tertiary/aromatic N) is 2. The van der Waals surface area contributed by atoms with Crippen LogP contribution >= 0.6 is 0 Å². The minimum atomic E-state index is -0.0712. The molecule has 1 N–H and O–H groups in total. The summed E-state index contributed by atoms with van der Waals surface area (Å²) in [6.45, 7) is 3.56. The van der Waals surface area contributed by atoms with Crippen LogP contribution in [0.15, 0.2) is 53.6 Å². The van der Waals surface area contributed by atoms with E-state index in [9.17, 15) is 4.79 Å². The van der Waals surface area contributed by atoms with Gasteiger partial charge in [0.05, 0.1) is 12.8 Å². The molecule has 0 unspecified atom stereocenters. The van der Waals surface area contributed by atoms with Crippen molar-refractivity contribution in [2.75, 3.05) is 6.61 Å². The second-order valence-corrected chi connectivity index (χ2v) is 8.12. The van der Waals surface area contributed by atoms with Gasteiger partial charge in [0.2, 0.25) is 5.91 Å². The number of carbonyl (C=O) groups excluding carboxylic acids is 1. The number of benzene rings is 2. The predicted octanol–water partition coefficient (Wildman–Crippen LogP) is 5.24. The summed E-state index contributed by atoms with van der Waals surface area (Å²) >= 11 is 0. The summed E-state index contributed by atoms with van der Waals surface area (Å²) in [7, 11) is 0. The normalized spacial score (nSPS) is 13.5. The van der Waals surface area contributed by atoms with E-state index in [1.165, 1.54) is 35.0 Å². The molecular weight excluding hydrogens is 386 g/mol. The molecule has 0 fully saturated rings. The zero-order chi connectivity index (χ0) is 21.5. The summed E-state index contributed by atoms with van der Waals surface area (Å²) in [5, 5.41) is 5.47. The van der Waals surface area contributed by atoms with Crippen molar-refractivity contribution >= 4 is 23.0 Å². The number of fused-ring (bicyclic) bond motifs is 3. The Morgan fingerprint density at radius 1 is 1.13 bits per heavy atom. The van der Waals surface area contributed by atoms with Gasteiger partial charge in [0, 0.05) is 29.6 Å². The van der Waals surface area contributed by atoms with Crippen LogP contribution in [0.2, 0.25) is 0 Å². The smallest absolute Gasteiger partial charge is 0.241 e. The first-order chi connectivity index (χ1) is 15.3. The average Bonchev–Trinajstić information content (AvgIpc) is 3.13. The topological polar surface area (TPSA) is 55.6 Å². The van der Waals surface area contributed by atoms with Gasteiger partial charge in [-0.25, -0.2) is 5.43 Å². The van der Waals surface area contributed by atoms with Crippen LogP contribution in [0.25, 0.3) is 10.9 Å². The maximum atomic E-state index is 12.4. The molecule has 0 radical (unpaired) electrons. The first kappa shape index (κ1) is 21.2. The largest absolute Gasteiger partial charge is 0.494 e. The molecule has 0 bridgehead atoms. The van der Waals surface area contributed by atoms with Crippen molar-refractivity contribution in [1.29, 1.82) is 0 Å². The Balaban J connectivity index is 1.32. The minimum absolute atomic E-state index is 0.0712. The van der Waals surface area contributed by atoms with Gasteiger partial charge in [-0.3, -0.25) is 4.79 Å². The number of rotatable bonds is 9. The molecule has 3 aromatic rings. The van der Waals surface area contributed by atoms with Crippen molar-refractivity contribution in [3.8, 4) is 5.75 Å². The van der Waals surface area contributed by atoms with Gasteiger partial charge in [-0.15, -0.1) is 0 Å². The Kier molecular flexibility index (Phi) is 7.03. The highest BCUT2D eigenvalue weighted by atomic mass is 16.5. The molecule has 1 aliphatic carbocycles. The molecule has 1 heterocycles. The van der Waals surface area contributed by atoms with Crippen molar-refractivity contribution in [3.63, 3.8) is 0 Å². The third-order valence-corrected chi connectivity index (χ3v) is 5.90. The third kappa shape index (κ3) is 5.16. The molecule has 5 nitrogen and oxygen atoms in total. The fraction of sp³-hybridized carbons (Fsp3) is 0.385. The molecule has 0 saturated heterocycles. The van der Waals surface area contributed by atoms with Crippen molar-refractivity contribution in [2.45, 2.75) is 58.4 Å². The molecule has 2 aromatic carbocycles. The Hall–Kier alpha value is -3.08. The Bertz CT molecular complexity index is 1050. The van der Waals surface area contributed by atoms with Crippen molar-refractivity contribution < 1.29 is 9.53 Å². The van der Waals surface area contributed by atoms with Crippen LogP contribution < -0.4 is 10.2 Å². The predicted molar refractivity (Wildman–Crippen MR) is 126 cm³/mol. The van der Waals surface area contributed by atoms with Gasteiger partial charge in [-0.2, -0.15) is 5.10 Å². The molecule has 0 aliphatic heterocycles. The second-order valence-electron chi connectivity index (χ2n) is 8.12. The van der Waals surface area contributed by atoms with Gasteiger partial charge < -0.3 is 9.30 Å². The van der Waals surface area contributed by atoms with Crippen molar-refractivity contribution in [1.82, 2.24) is 9.99 Å². The van der Waals surface area contributed by atoms with Crippen LogP contribution in [0.4, 0.5) is 0 Å². The van der Waals surface area contributed by atoms with E-state index in [2.05, 4.69) is 46.3 Å². The summed E-state index contributed by atoms with van der Waals surface area (Å²) in [6, 6.07) is 16.3. The Morgan fingerprint density at radius 2 is 1.94 bits per heavy atom. The number of hydrogen-bond acceptors (Lipinski definition) is 3. The molecule has 162 valence electrons. The lowest BCUT2D eigenvalue weighted by atomic mass is 9.95. The van der Waals surface area contributed by atoms with E-state index in [0.29, 0.717) is 13.0 Å². The fourth-order valence-corrected chi connectivity index (χ4v) is 4.27. The summed E-state index contributed by atoms with van der Waals surface area (Å²) < 4.78 is 8.00. The number of unbranched alkanes of at least 4 members (excludes halogenated alkanes) is 1. The molecule has 4 rings (SSSR count). The Labute approximate surface area is 184 Å². The zero-order valence-corrected chi connectivity index (χ0v) is 18.3. The van der Waals surface area contributed by atoms with Gasteiger partial charge >= 0.3 is 0 Å². The summed E-state index contributed by atoms with van der Waals surface area (Å²) in [5.74, 6) is 0.787. The number of hydrazone groups is 1. The number of para-hydroxylation sites is 1. The van der Waals surface area contributed by atoms with Gasteiger partial charge in [0.25, 0.3) is 0 Å². The van der Waals surface area contributed by atoms with E-state index in [4.69, 9.17) is 4.74 Å². The maximum absolute atomic E-state index is 12.4. The number of amides is 1. The molecule has 0 saturated carbocycles. The molecule has 0 atom stereocenters. The molecule has 5 heteroatoms. The first-order valence-electron chi connectivity index (χ1n) is 11.4. The third-order valence-electron chi connectivity index (χ3n) is 5.90. The van der Waals surface area contributed by atoms with Crippen LogP contribution in [-0.4, -0.2) is 23.3 Å². The Morgan fingerprint density at radius 3 is 2.77 bits per heavy atom. The van der Waals surface area contributed by atoms with Crippen LogP contribution in [0.3, 0.4) is 0 Å². The highest BCUT2D eigenvalue weighted by Gasteiger charge is 2.19. The molecule has 1 aliphatic rings. The SMILES string of the molecule is CCCCOc1ccc(/C=N\NC(=O)CCn2c3c(c4ccccc42)CCCC3)cc1. The summed E-state index contributed by atoms with van der Waals surface area (Å²) in [6.07, 6.45) is 8.96. The zero-order valence-electron chi connectivity index (χ0n) is 18.3. The van der Waals surface area contributed by atoms with Gasteiger partial charge in [-0.05, 0) is 73.6 Å². The van der Waals surface area contributed by atoms with Crippen molar-refractivity contribution in [3.05, 3.63) is 65.4 Å². The van der Waals surface area contributed by atoms with E-state index in [0.717, 1.165) is 43.6 Å². The molecule has 0 spiro atoms. The number of hydrogen-bond donors (Lipinski definition) is 1. The highest BCUT2D eigenvalue weighted by molar-refractivity contribution is 5.86. The van der Waals surface area contributed by atoms with E-state index in [1.807, 2.05) is 24.3 Å². The van der Waals surface area contributed by atoms with Crippen LogP contribution in [-0.2, 0) is 24.2 Å². The van der Waals surface area contributed by atoms with Gasteiger partial charge in [0.15, 0.2) is 0 Å². The summed E-state index contributed by atoms with van der Waals surface area (Å²) in [4.78, 5) is 12.4. The fourth-order valence-electron chi connectivity index (χ4n) is 4.27. The highest BCUT2D eigenvalue weighted by Crippen LogP contribution is 2.32. The van der Waals surface area contributed by atoms with E-state index >= 15 is 0 Å². The molecule has 31 heavy (non-hydrogen) atoms.